The van der Waals surface area contributed by atoms with Crippen molar-refractivity contribution < 1.29 is 24.3 Å². The van der Waals surface area contributed by atoms with Crippen LogP contribution in [0.5, 0.6) is 0 Å². The van der Waals surface area contributed by atoms with E-state index in [1.54, 1.807) is 11.7 Å². The van der Waals surface area contributed by atoms with Gasteiger partial charge in [-0.2, -0.15) is 11.8 Å². The van der Waals surface area contributed by atoms with Crippen molar-refractivity contribution in [1.29, 1.82) is 0 Å². The van der Waals surface area contributed by atoms with E-state index < -0.39 is 11.2 Å². The maximum absolute atomic E-state index is 12.6. The molecule has 0 heterocycles. The lowest BCUT2D eigenvalue weighted by Gasteiger charge is -2.28. The fraction of sp³-hybridized carbons (Fsp3) is 0.882. The molecular weight excluding hydrogens is 344 g/mol. The molecule has 0 saturated heterocycles. The molecule has 3 N–H and O–H groups in total. The summed E-state index contributed by atoms with van der Waals surface area (Å²) in [5.41, 5.74) is 1.68. The molecule has 0 bridgehead atoms. The normalized spacial score (nSPS) is 22.9. The average Bonchev–Trinajstić information content (AvgIpc) is 2.62. The Bertz CT molecular complexity index is 402. The van der Waals surface area contributed by atoms with Crippen molar-refractivity contribution in [2.45, 2.75) is 57.2 Å². The molecule has 146 valence electrons. The molecule has 1 fully saturated rings. The summed E-state index contributed by atoms with van der Waals surface area (Å²) in [5.74, 6) is 0.276. The third-order valence-corrected chi connectivity index (χ3v) is 5.58. The average molecular weight is 377 g/mol. The smallest absolute Gasteiger partial charge is 0.256 e. The molecule has 2 amide bonds. The minimum atomic E-state index is -0.469. The van der Waals surface area contributed by atoms with E-state index in [1.165, 1.54) is 11.8 Å². The van der Waals surface area contributed by atoms with E-state index in [9.17, 15) is 9.59 Å². The summed E-state index contributed by atoms with van der Waals surface area (Å²) in [4.78, 5) is 24.3. The zero-order valence-corrected chi connectivity index (χ0v) is 16.3. The van der Waals surface area contributed by atoms with Crippen LogP contribution in [0.15, 0.2) is 0 Å². The summed E-state index contributed by atoms with van der Waals surface area (Å²) >= 11 is 1.33. The van der Waals surface area contributed by atoms with Crippen molar-refractivity contribution in [3.63, 3.8) is 0 Å². The van der Waals surface area contributed by atoms with Crippen LogP contribution >= 0.6 is 11.8 Å². The van der Waals surface area contributed by atoms with Crippen LogP contribution in [0.1, 0.15) is 46.0 Å². The van der Waals surface area contributed by atoms with Gasteiger partial charge in [-0.15, -0.1) is 0 Å². The highest BCUT2D eigenvalue weighted by molar-refractivity contribution is 7.99. The maximum atomic E-state index is 12.6. The maximum Gasteiger partial charge on any atom is 0.256 e. The number of hydroxylamine groups is 1. The second-order valence-corrected chi connectivity index (χ2v) is 7.62. The number of nitrogens with one attached hydrogen (secondary N) is 2. The molecule has 8 heteroatoms. The monoisotopic (exact) mass is 376 g/mol. The highest BCUT2D eigenvalue weighted by atomic mass is 32.2. The van der Waals surface area contributed by atoms with Crippen LogP contribution in [-0.4, -0.2) is 54.6 Å². The van der Waals surface area contributed by atoms with Crippen LogP contribution in [0.2, 0.25) is 0 Å². The van der Waals surface area contributed by atoms with Crippen LogP contribution in [0.25, 0.3) is 0 Å². The van der Waals surface area contributed by atoms with Gasteiger partial charge in [0.2, 0.25) is 5.91 Å². The van der Waals surface area contributed by atoms with E-state index in [-0.39, 0.29) is 31.3 Å². The summed E-state index contributed by atoms with van der Waals surface area (Å²) in [6.45, 7) is 5.07. The molecular formula is C17H32N2O5S. The van der Waals surface area contributed by atoms with E-state index in [4.69, 9.17) is 14.7 Å². The molecule has 25 heavy (non-hydrogen) atoms. The lowest BCUT2D eigenvalue weighted by atomic mass is 9.82. The van der Waals surface area contributed by atoms with E-state index >= 15 is 0 Å². The van der Waals surface area contributed by atoms with Crippen LogP contribution in [0.4, 0.5) is 0 Å². The molecule has 1 rings (SSSR count). The van der Waals surface area contributed by atoms with E-state index in [0.29, 0.717) is 18.9 Å². The van der Waals surface area contributed by atoms with Gasteiger partial charge in [-0.1, -0.05) is 6.92 Å². The Labute approximate surface area is 154 Å². The van der Waals surface area contributed by atoms with Gasteiger partial charge < -0.3 is 14.8 Å². The Hall–Kier alpha value is -0.830. The highest BCUT2D eigenvalue weighted by Gasteiger charge is 2.28. The van der Waals surface area contributed by atoms with E-state index in [2.05, 4.69) is 12.2 Å². The number of thioether (sulfide) groups is 1. The zero-order valence-electron chi connectivity index (χ0n) is 15.5. The number of ether oxygens (including phenoxy) is 2. The van der Waals surface area contributed by atoms with Crippen molar-refractivity contribution in [2.75, 3.05) is 26.3 Å². The Morgan fingerprint density at radius 2 is 1.92 bits per heavy atom. The predicted molar refractivity (Wildman–Crippen MR) is 97.3 cm³/mol. The second-order valence-electron chi connectivity index (χ2n) is 6.58. The zero-order chi connectivity index (χ0) is 18.7. The number of carbonyl (C=O) groups is 2. The first-order valence-corrected chi connectivity index (χ1v) is 10.2. The standard InChI is InChI=1S/C17H32N2O5S/c1-4-23-11-24-10-14(9-15(25-3)17(21)19-22)18-16(20)13-7-5-12(2)6-8-13/h12-15,22H,4-11H2,1-3H3,(H,18,20)(H,19,21)/t12?,13?,14-,15-/m0/s1. The van der Waals surface area contributed by atoms with Crippen LogP contribution in [0.3, 0.4) is 0 Å². The predicted octanol–water partition coefficient (Wildman–Crippen LogP) is 1.94. The molecule has 7 nitrogen and oxygen atoms in total. The molecule has 0 aliphatic heterocycles. The molecule has 0 aromatic heterocycles. The van der Waals surface area contributed by atoms with Crippen molar-refractivity contribution in [3.8, 4) is 0 Å². The quantitative estimate of drug-likeness (QED) is 0.221. The summed E-state index contributed by atoms with van der Waals surface area (Å²) in [6.07, 6.45) is 6.13. The topological polar surface area (TPSA) is 96.9 Å². The fourth-order valence-corrected chi connectivity index (χ4v) is 3.67. The SMILES string of the molecule is CCOCOC[C@H](C[C@H](SC)C(=O)NO)NC(=O)C1CCC(C)CC1. The number of hydrogen-bond donors (Lipinski definition) is 3. The van der Waals surface area contributed by atoms with Crippen LogP contribution in [0, 0.1) is 11.8 Å². The molecule has 0 radical (unpaired) electrons. The van der Waals surface area contributed by atoms with Gasteiger partial charge in [0.1, 0.15) is 6.79 Å². The number of amides is 2. The van der Waals surface area contributed by atoms with Gasteiger partial charge >= 0.3 is 0 Å². The first kappa shape index (κ1) is 22.2. The van der Waals surface area contributed by atoms with Gasteiger partial charge in [-0.05, 0) is 51.2 Å². The molecule has 0 aromatic rings. The van der Waals surface area contributed by atoms with E-state index in [1.807, 2.05) is 6.92 Å². The van der Waals surface area contributed by atoms with Crippen LogP contribution in [-0.2, 0) is 19.1 Å². The van der Waals surface area contributed by atoms with Gasteiger partial charge in [0.05, 0.1) is 17.9 Å². The van der Waals surface area contributed by atoms with Crippen molar-refractivity contribution in [3.05, 3.63) is 0 Å². The van der Waals surface area contributed by atoms with Crippen molar-refractivity contribution >= 4 is 23.6 Å². The molecule has 2 atom stereocenters. The summed E-state index contributed by atoms with van der Waals surface area (Å²) in [7, 11) is 0. The third-order valence-electron chi connectivity index (χ3n) is 4.61. The summed E-state index contributed by atoms with van der Waals surface area (Å²) < 4.78 is 10.6. The number of carbonyl (C=O) groups excluding carboxylic acids is 2. The summed E-state index contributed by atoms with van der Waals surface area (Å²) in [5, 5.41) is 11.4. The highest BCUT2D eigenvalue weighted by Crippen LogP contribution is 2.28. The molecule has 0 aromatic carbocycles. The number of rotatable bonds is 11. The molecule has 0 unspecified atom stereocenters. The lowest BCUT2D eigenvalue weighted by Crippen LogP contribution is -2.45. The Morgan fingerprint density at radius 1 is 1.24 bits per heavy atom. The Balaban J connectivity index is 2.59. The van der Waals surface area contributed by atoms with E-state index in [0.717, 1.165) is 25.7 Å². The van der Waals surface area contributed by atoms with Gasteiger partial charge in [0.25, 0.3) is 5.91 Å². The first-order valence-electron chi connectivity index (χ1n) is 8.94. The second kappa shape index (κ2) is 12.5. The molecule has 1 aliphatic rings. The molecule has 1 saturated carbocycles. The summed E-state index contributed by atoms with van der Waals surface area (Å²) in [6, 6.07) is -0.304. The van der Waals surface area contributed by atoms with Gasteiger partial charge in [0.15, 0.2) is 0 Å². The number of hydrogen-bond acceptors (Lipinski definition) is 6. The Morgan fingerprint density at radius 3 is 2.48 bits per heavy atom. The largest absolute Gasteiger partial charge is 0.356 e. The Kier molecular flexibility index (Phi) is 11.1. The minimum Gasteiger partial charge on any atom is -0.356 e. The lowest BCUT2D eigenvalue weighted by molar-refractivity contribution is -0.131. The van der Waals surface area contributed by atoms with Gasteiger partial charge in [0, 0.05) is 12.5 Å². The first-order chi connectivity index (χ1) is 12.0. The fourth-order valence-electron chi connectivity index (χ4n) is 2.98. The third kappa shape index (κ3) is 8.40. The van der Waals surface area contributed by atoms with Crippen molar-refractivity contribution in [2.24, 2.45) is 11.8 Å². The van der Waals surface area contributed by atoms with Gasteiger partial charge in [-0.3, -0.25) is 14.8 Å². The minimum absolute atomic E-state index is 0.0289. The molecule has 0 spiro atoms. The van der Waals surface area contributed by atoms with Crippen molar-refractivity contribution in [1.82, 2.24) is 10.8 Å². The van der Waals surface area contributed by atoms with Crippen LogP contribution < -0.4 is 10.8 Å². The van der Waals surface area contributed by atoms with Gasteiger partial charge in [-0.25, -0.2) is 5.48 Å². The molecule has 1 aliphatic carbocycles.